The Morgan fingerprint density at radius 2 is 0.885 bits per heavy atom. The van der Waals surface area contributed by atoms with Crippen LogP contribution in [-0.4, -0.2) is 98.3 Å². The van der Waals surface area contributed by atoms with Gasteiger partial charge in [0.1, 0.15) is 43.2 Å². The first-order valence-corrected chi connectivity index (χ1v) is 24.9. The summed E-state index contributed by atoms with van der Waals surface area (Å²) >= 11 is 0. The third kappa shape index (κ3) is 29.7. The molecule has 1 aliphatic rings. The van der Waals surface area contributed by atoms with E-state index in [4.69, 9.17) is 18.5 Å². The summed E-state index contributed by atoms with van der Waals surface area (Å²) in [6, 6.07) is 0. The molecule has 1 rings (SSSR count). The molecule has 1 aliphatic carbocycles. The van der Waals surface area contributed by atoms with E-state index in [1.165, 1.54) is 77.0 Å². The van der Waals surface area contributed by atoms with Gasteiger partial charge in [-0.3, -0.25) is 18.6 Å². The van der Waals surface area contributed by atoms with E-state index in [9.17, 15) is 44.6 Å². The maximum atomic E-state index is 12.8. The van der Waals surface area contributed by atoms with Crippen molar-refractivity contribution in [3.63, 3.8) is 0 Å². The highest BCUT2D eigenvalue weighted by atomic mass is 31.2. The van der Waals surface area contributed by atoms with Crippen molar-refractivity contribution in [3.05, 3.63) is 48.6 Å². The minimum Gasteiger partial charge on any atom is -0.462 e. The number of phosphoric acid groups is 1. The fraction of sp³-hybridized carbons (Fsp3) is 0.787. The van der Waals surface area contributed by atoms with Gasteiger partial charge in [-0.25, -0.2) is 4.57 Å². The molecule has 1 fully saturated rings. The summed E-state index contributed by atoms with van der Waals surface area (Å²) in [5.74, 6) is -1.15. The normalized spacial score (nSPS) is 22.4. The van der Waals surface area contributed by atoms with Gasteiger partial charge in [0.25, 0.3) is 0 Å². The summed E-state index contributed by atoms with van der Waals surface area (Å²) in [6.45, 7) is 3.22. The second-order valence-corrected chi connectivity index (χ2v) is 17.7. The molecule has 14 heteroatoms. The second kappa shape index (κ2) is 37.2. The van der Waals surface area contributed by atoms with Gasteiger partial charge in [0.2, 0.25) is 0 Å². The number of hydrogen-bond donors (Lipinski definition) is 6. The number of unbranched alkanes of at least 4 members (excludes halogenated alkanes) is 18. The molecular weight excluding hydrogens is 803 g/mol. The van der Waals surface area contributed by atoms with E-state index >= 15 is 0 Å². The molecule has 0 heterocycles. The highest BCUT2D eigenvalue weighted by molar-refractivity contribution is 7.47. The molecule has 0 radical (unpaired) electrons. The third-order valence-electron chi connectivity index (χ3n) is 10.6. The van der Waals surface area contributed by atoms with Crippen LogP contribution in [0.25, 0.3) is 0 Å². The largest absolute Gasteiger partial charge is 0.472 e. The smallest absolute Gasteiger partial charge is 0.462 e. The Labute approximate surface area is 367 Å². The molecule has 0 saturated heterocycles. The van der Waals surface area contributed by atoms with Crippen LogP contribution in [0.4, 0.5) is 0 Å². The van der Waals surface area contributed by atoms with E-state index in [1.54, 1.807) is 0 Å². The lowest BCUT2D eigenvalue weighted by Gasteiger charge is -2.41. The van der Waals surface area contributed by atoms with Gasteiger partial charge in [-0.15, -0.1) is 0 Å². The van der Waals surface area contributed by atoms with Crippen LogP contribution in [0.15, 0.2) is 48.6 Å². The van der Waals surface area contributed by atoms with Gasteiger partial charge in [-0.1, -0.05) is 140 Å². The molecule has 0 amide bonds. The average Bonchev–Trinajstić information content (AvgIpc) is 3.24. The van der Waals surface area contributed by atoms with Crippen molar-refractivity contribution < 1.29 is 63.1 Å². The zero-order chi connectivity index (χ0) is 45.0. The van der Waals surface area contributed by atoms with Crippen molar-refractivity contribution in [2.75, 3.05) is 13.2 Å². The molecule has 6 N–H and O–H groups in total. The quantitative estimate of drug-likeness (QED) is 0.0148. The van der Waals surface area contributed by atoms with Crippen LogP contribution >= 0.6 is 7.82 Å². The number of carbonyl (C=O) groups excluding carboxylic acids is 2. The lowest BCUT2D eigenvalue weighted by Crippen LogP contribution is -2.64. The molecule has 0 aliphatic heterocycles. The van der Waals surface area contributed by atoms with E-state index in [0.717, 1.165) is 64.2 Å². The van der Waals surface area contributed by atoms with Crippen LogP contribution in [0.5, 0.6) is 0 Å². The first-order valence-electron chi connectivity index (χ1n) is 23.4. The molecule has 0 spiro atoms. The average molecular weight is 887 g/mol. The van der Waals surface area contributed by atoms with Crippen LogP contribution in [-0.2, 0) is 32.7 Å². The topological polar surface area (TPSA) is 210 Å². The number of carbonyl (C=O) groups is 2. The van der Waals surface area contributed by atoms with Crippen molar-refractivity contribution in [2.45, 2.75) is 224 Å². The molecule has 0 aromatic carbocycles. The highest BCUT2D eigenvalue weighted by Gasteiger charge is 2.51. The summed E-state index contributed by atoms with van der Waals surface area (Å²) < 4.78 is 33.5. The van der Waals surface area contributed by atoms with E-state index in [0.29, 0.717) is 12.8 Å². The minimum absolute atomic E-state index is 0.0469. The molecule has 0 aromatic rings. The Balaban J connectivity index is 2.48. The third-order valence-corrected chi connectivity index (χ3v) is 11.6. The summed E-state index contributed by atoms with van der Waals surface area (Å²) in [4.78, 5) is 35.7. The molecule has 61 heavy (non-hydrogen) atoms. The lowest BCUT2D eigenvalue weighted by molar-refractivity contribution is -0.220. The molecule has 6 unspecified atom stereocenters. The van der Waals surface area contributed by atoms with Crippen LogP contribution in [0.1, 0.15) is 181 Å². The Morgan fingerprint density at radius 1 is 0.508 bits per heavy atom. The molecule has 354 valence electrons. The number of phosphoric ester groups is 1. The van der Waals surface area contributed by atoms with E-state index in [2.05, 4.69) is 62.5 Å². The van der Waals surface area contributed by atoms with Crippen molar-refractivity contribution >= 4 is 19.8 Å². The first-order chi connectivity index (χ1) is 29.4. The number of allylic oxidation sites excluding steroid dienone is 8. The van der Waals surface area contributed by atoms with Crippen LogP contribution in [0, 0.1) is 0 Å². The van der Waals surface area contributed by atoms with Gasteiger partial charge >= 0.3 is 19.8 Å². The predicted molar refractivity (Wildman–Crippen MR) is 239 cm³/mol. The fourth-order valence-corrected chi connectivity index (χ4v) is 7.79. The monoisotopic (exact) mass is 887 g/mol. The van der Waals surface area contributed by atoms with Gasteiger partial charge in [0, 0.05) is 12.8 Å². The number of hydrogen-bond acceptors (Lipinski definition) is 12. The van der Waals surface area contributed by atoms with Gasteiger partial charge in [-0.2, -0.15) is 0 Å². The van der Waals surface area contributed by atoms with Crippen molar-refractivity contribution in [1.29, 1.82) is 0 Å². The van der Waals surface area contributed by atoms with Crippen molar-refractivity contribution in [3.8, 4) is 0 Å². The summed E-state index contributed by atoms with van der Waals surface area (Å²) in [7, 11) is -5.13. The summed E-state index contributed by atoms with van der Waals surface area (Å²) in [5.41, 5.74) is 0. The first kappa shape index (κ1) is 56.8. The Bertz CT molecular complexity index is 1250. The molecule has 13 nitrogen and oxygen atoms in total. The zero-order valence-corrected chi connectivity index (χ0v) is 38.3. The van der Waals surface area contributed by atoms with Gasteiger partial charge in [-0.05, 0) is 77.0 Å². The second-order valence-electron chi connectivity index (χ2n) is 16.3. The molecule has 0 bridgehead atoms. The standard InChI is InChI=1S/C47H83O13P/c1-3-5-7-9-11-13-15-17-19-20-22-23-25-27-29-31-33-35-40(48)57-37-39(38-58-61(55,56)60-47-45(53)43(51)42(50)44(52)46(47)54)59-41(49)36-34-32-30-28-26-24-21-18-16-14-12-10-8-6-4-2/h12-15,18,21,26,28,39,42-47,50-54H,3-11,16-17,19-20,22-25,27,29-38H2,1-2H3,(H,55,56)/b14-12+,15-13+,21-18+,28-26+/t39-,42?,43-,44?,45?,46?,47?/m0/s1. The number of esters is 2. The number of ether oxygens (including phenoxy) is 2. The van der Waals surface area contributed by atoms with Crippen LogP contribution < -0.4 is 0 Å². The highest BCUT2D eigenvalue weighted by Crippen LogP contribution is 2.47. The summed E-state index contributed by atoms with van der Waals surface area (Å²) in [5, 5.41) is 50.1. The van der Waals surface area contributed by atoms with Crippen molar-refractivity contribution in [1.82, 2.24) is 0 Å². The van der Waals surface area contributed by atoms with Crippen LogP contribution in [0.3, 0.4) is 0 Å². The minimum atomic E-state index is -5.13. The maximum absolute atomic E-state index is 12.8. The zero-order valence-electron chi connectivity index (χ0n) is 37.4. The number of rotatable bonds is 38. The lowest BCUT2D eigenvalue weighted by atomic mass is 9.85. The number of aliphatic hydroxyl groups is 5. The molecular formula is C47H83O13P. The molecule has 1 saturated carbocycles. The predicted octanol–water partition coefficient (Wildman–Crippen LogP) is 9.17. The molecule has 8 atom stereocenters. The SMILES string of the molecule is CCCCC/C=C/C/C=C/C/C=C/CCCCC(=O)O[C@@H](COC(=O)CCCCCCCCCCC/C=C/CCCCCC)COP(=O)(O)OC1C(O)C(O)C(O)[C@H](O)C1O. The van der Waals surface area contributed by atoms with Gasteiger partial charge < -0.3 is 39.9 Å². The van der Waals surface area contributed by atoms with Crippen LogP contribution in [0.2, 0.25) is 0 Å². The fourth-order valence-electron chi connectivity index (χ4n) is 6.82. The van der Waals surface area contributed by atoms with E-state index in [1.807, 2.05) is 0 Å². The molecule has 0 aromatic heterocycles. The van der Waals surface area contributed by atoms with Gasteiger partial charge in [0.05, 0.1) is 6.61 Å². The van der Waals surface area contributed by atoms with Crippen molar-refractivity contribution in [2.24, 2.45) is 0 Å². The summed E-state index contributed by atoms with van der Waals surface area (Å²) in [6.07, 6.45) is 30.2. The Hall–Kier alpha value is -2.19. The maximum Gasteiger partial charge on any atom is 0.472 e. The van der Waals surface area contributed by atoms with Gasteiger partial charge in [0.15, 0.2) is 6.10 Å². The Kier molecular flexibility index (Phi) is 34.7. The van der Waals surface area contributed by atoms with E-state index < -0.39 is 75.7 Å². The number of aliphatic hydroxyl groups excluding tert-OH is 5. The van der Waals surface area contributed by atoms with E-state index in [-0.39, 0.29) is 12.8 Å². The Morgan fingerprint density at radius 3 is 1.43 bits per heavy atom.